The molecule has 1 aromatic carbocycles. The van der Waals surface area contributed by atoms with Gasteiger partial charge in [0.2, 0.25) is 0 Å². The van der Waals surface area contributed by atoms with Crippen molar-refractivity contribution in [2.24, 2.45) is 5.41 Å². The van der Waals surface area contributed by atoms with Crippen molar-refractivity contribution in [2.45, 2.75) is 58.4 Å². The smallest absolute Gasteiger partial charge is 0.131 e. The quantitative estimate of drug-likeness (QED) is 0.479. The van der Waals surface area contributed by atoms with E-state index in [0.717, 1.165) is 23.0 Å². The summed E-state index contributed by atoms with van der Waals surface area (Å²) >= 11 is 1.79. The summed E-state index contributed by atoms with van der Waals surface area (Å²) in [7, 11) is 0. The van der Waals surface area contributed by atoms with Crippen molar-refractivity contribution in [2.75, 3.05) is 0 Å². The molecule has 6 heteroatoms. The Balaban J connectivity index is 1.81. The van der Waals surface area contributed by atoms with Gasteiger partial charge >= 0.3 is 0 Å². The second kappa shape index (κ2) is 8.05. The predicted octanol–water partition coefficient (Wildman–Crippen LogP) is 6.22. The molecule has 1 aliphatic carbocycles. The molecular formula is C24H27FN4S. The van der Waals surface area contributed by atoms with Crippen molar-refractivity contribution in [3.63, 3.8) is 0 Å². The van der Waals surface area contributed by atoms with Crippen LogP contribution in [0.3, 0.4) is 0 Å². The zero-order valence-electron chi connectivity index (χ0n) is 17.9. The summed E-state index contributed by atoms with van der Waals surface area (Å²) < 4.78 is 21.0. The number of fused-ring (bicyclic) bond motifs is 1. The Morgan fingerprint density at radius 1 is 1.30 bits per heavy atom. The zero-order valence-corrected chi connectivity index (χ0v) is 18.7. The summed E-state index contributed by atoms with van der Waals surface area (Å²) in [5.74, 6) is -0.295. The van der Waals surface area contributed by atoms with Crippen molar-refractivity contribution in [3.8, 4) is 17.2 Å². The van der Waals surface area contributed by atoms with Gasteiger partial charge in [-0.1, -0.05) is 32.7 Å². The van der Waals surface area contributed by atoms with Crippen LogP contribution in [-0.4, -0.2) is 14.8 Å². The van der Waals surface area contributed by atoms with Gasteiger partial charge in [-0.05, 0) is 48.9 Å². The maximum absolute atomic E-state index is 15.2. The highest BCUT2D eigenvalue weighted by Gasteiger charge is 2.25. The van der Waals surface area contributed by atoms with Gasteiger partial charge < -0.3 is 4.57 Å². The van der Waals surface area contributed by atoms with Crippen LogP contribution in [0.2, 0.25) is 0 Å². The van der Waals surface area contributed by atoms with E-state index >= 15 is 4.39 Å². The van der Waals surface area contributed by atoms with Gasteiger partial charge in [-0.2, -0.15) is 5.26 Å². The lowest BCUT2D eigenvalue weighted by molar-refractivity contribution is 0.349. The van der Waals surface area contributed by atoms with Crippen molar-refractivity contribution in [1.29, 1.82) is 5.26 Å². The fourth-order valence-corrected chi connectivity index (χ4v) is 4.54. The van der Waals surface area contributed by atoms with E-state index in [2.05, 4.69) is 54.2 Å². The van der Waals surface area contributed by atoms with E-state index in [1.54, 1.807) is 30.3 Å². The molecule has 0 amide bonds. The molecule has 156 valence electrons. The third kappa shape index (κ3) is 4.53. The van der Waals surface area contributed by atoms with Crippen molar-refractivity contribution in [1.82, 2.24) is 14.3 Å². The Hall–Kier alpha value is -2.36. The molecule has 4 rings (SSSR count). The van der Waals surface area contributed by atoms with E-state index < -0.39 is 0 Å². The van der Waals surface area contributed by atoms with E-state index in [4.69, 9.17) is 0 Å². The van der Waals surface area contributed by atoms with Crippen LogP contribution in [0.1, 0.15) is 57.7 Å². The molecule has 1 atom stereocenters. The molecule has 0 saturated heterocycles. The average Bonchev–Trinajstić information content (AvgIpc) is 3.47. The van der Waals surface area contributed by atoms with Gasteiger partial charge in [0.05, 0.1) is 5.56 Å². The van der Waals surface area contributed by atoms with E-state index in [1.807, 2.05) is 6.07 Å². The summed E-state index contributed by atoms with van der Waals surface area (Å²) in [5.41, 5.74) is 3.71. The van der Waals surface area contributed by atoms with Crippen LogP contribution in [0.5, 0.6) is 0 Å². The van der Waals surface area contributed by atoms with Gasteiger partial charge in [0.1, 0.15) is 11.9 Å². The van der Waals surface area contributed by atoms with Crippen molar-refractivity contribution < 1.29 is 4.39 Å². The van der Waals surface area contributed by atoms with Gasteiger partial charge in [0.15, 0.2) is 0 Å². The van der Waals surface area contributed by atoms with Crippen LogP contribution in [0.4, 0.5) is 4.39 Å². The SMILES string of the molecule is CC(NSC1CC1)c1cn(CC(C)(C)C)c2cc(-c3cncc(C#N)c3)c(F)cc12. The Kier molecular flexibility index (Phi) is 5.61. The first kappa shape index (κ1) is 20.9. The molecule has 2 aromatic heterocycles. The first-order valence-electron chi connectivity index (χ1n) is 10.3. The lowest BCUT2D eigenvalue weighted by atomic mass is 9.96. The van der Waals surface area contributed by atoms with Crippen LogP contribution in [-0.2, 0) is 6.54 Å². The number of hydrogen-bond donors (Lipinski definition) is 1. The number of nitriles is 1. The van der Waals surface area contributed by atoms with E-state index in [0.29, 0.717) is 21.9 Å². The molecule has 4 nitrogen and oxygen atoms in total. The van der Waals surface area contributed by atoms with Crippen molar-refractivity contribution in [3.05, 3.63) is 53.7 Å². The van der Waals surface area contributed by atoms with Crippen molar-refractivity contribution >= 4 is 22.9 Å². The summed E-state index contributed by atoms with van der Waals surface area (Å²) in [6.45, 7) is 9.57. The van der Waals surface area contributed by atoms with Gasteiger partial charge in [-0.15, -0.1) is 0 Å². The first-order valence-corrected chi connectivity index (χ1v) is 11.2. The fraction of sp³-hybridized carbons (Fsp3) is 0.417. The number of pyridine rings is 1. The minimum absolute atomic E-state index is 0.0828. The highest BCUT2D eigenvalue weighted by atomic mass is 32.2. The summed E-state index contributed by atoms with van der Waals surface area (Å²) in [6, 6.07) is 7.43. The second-order valence-corrected chi connectivity index (χ2v) is 10.5. The number of aromatic nitrogens is 2. The molecule has 0 bridgehead atoms. The minimum Gasteiger partial charge on any atom is -0.347 e. The second-order valence-electron chi connectivity index (χ2n) is 9.35. The standard InChI is InChI=1S/C24H27FN4S/c1-15(28-30-18-5-6-18)21-13-29(14-24(2,3)4)23-9-19(22(25)8-20(21)23)17-7-16(10-26)11-27-12-17/h7-9,11-13,15,18,28H,5-6,14H2,1-4H3. The predicted molar refractivity (Wildman–Crippen MR) is 121 cm³/mol. The Morgan fingerprint density at radius 3 is 2.73 bits per heavy atom. The molecule has 2 heterocycles. The summed E-state index contributed by atoms with van der Waals surface area (Å²) in [5, 5.41) is 10.8. The maximum atomic E-state index is 15.2. The summed E-state index contributed by atoms with van der Waals surface area (Å²) in [6.07, 6.45) is 7.80. The van der Waals surface area contributed by atoms with Crippen LogP contribution in [0.15, 0.2) is 36.8 Å². The fourth-order valence-electron chi connectivity index (χ4n) is 3.64. The molecule has 0 spiro atoms. The topological polar surface area (TPSA) is 53.6 Å². The van der Waals surface area contributed by atoms with Gasteiger partial charge in [0, 0.05) is 58.5 Å². The van der Waals surface area contributed by atoms with Crippen LogP contribution in [0, 0.1) is 22.6 Å². The van der Waals surface area contributed by atoms with E-state index in [9.17, 15) is 5.26 Å². The Labute approximate surface area is 181 Å². The van der Waals surface area contributed by atoms with Gasteiger partial charge in [-0.25, -0.2) is 4.39 Å². The lowest BCUT2D eigenvalue weighted by Crippen LogP contribution is -2.15. The number of nitrogens with zero attached hydrogens (tertiary/aromatic N) is 3. The zero-order chi connectivity index (χ0) is 21.5. The Bertz CT molecular complexity index is 1120. The molecule has 1 unspecified atom stereocenters. The lowest BCUT2D eigenvalue weighted by Gasteiger charge is -2.20. The van der Waals surface area contributed by atoms with Crippen LogP contribution < -0.4 is 4.72 Å². The molecule has 1 N–H and O–H groups in total. The highest BCUT2D eigenvalue weighted by molar-refractivity contribution is 7.98. The van der Waals surface area contributed by atoms with Gasteiger partial charge in [-0.3, -0.25) is 9.71 Å². The molecule has 30 heavy (non-hydrogen) atoms. The molecule has 1 saturated carbocycles. The molecule has 0 aliphatic heterocycles. The minimum atomic E-state index is -0.295. The number of benzene rings is 1. The normalized spacial score (nSPS) is 15.3. The number of nitrogens with one attached hydrogen (secondary N) is 1. The molecule has 0 radical (unpaired) electrons. The number of hydrogen-bond acceptors (Lipinski definition) is 4. The largest absolute Gasteiger partial charge is 0.347 e. The monoisotopic (exact) mass is 422 g/mol. The molecule has 1 fully saturated rings. The van der Waals surface area contributed by atoms with E-state index in [-0.39, 0.29) is 17.3 Å². The number of halogens is 1. The van der Waals surface area contributed by atoms with Gasteiger partial charge in [0.25, 0.3) is 0 Å². The molecule has 1 aliphatic rings. The van der Waals surface area contributed by atoms with Crippen LogP contribution in [0.25, 0.3) is 22.0 Å². The third-order valence-electron chi connectivity index (χ3n) is 5.23. The molecule has 3 aromatic rings. The van der Waals surface area contributed by atoms with Crippen LogP contribution >= 0.6 is 11.9 Å². The van der Waals surface area contributed by atoms with E-state index in [1.165, 1.54) is 19.0 Å². The first-order chi connectivity index (χ1) is 14.2. The average molecular weight is 423 g/mol. The maximum Gasteiger partial charge on any atom is 0.131 e. The highest BCUT2D eigenvalue weighted by Crippen LogP contribution is 2.37. The molecular weight excluding hydrogens is 395 g/mol. The Morgan fingerprint density at radius 2 is 2.07 bits per heavy atom. The summed E-state index contributed by atoms with van der Waals surface area (Å²) in [4.78, 5) is 4.11. The third-order valence-corrected chi connectivity index (χ3v) is 6.52. The number of rotatable bonds is 6.